The highest BCUT2D eigenvalue weighted by Crippen LogP contribution is 2.30. The molecule has 1 unspecified atom stereocenters. The van der Waals surface area contributed by atoms with Gasteiger partial charge in [0.1, 0.15) is 5.75 Å². The summed E-state index contributed by atoms with van der Waals surface area (Å²) >= 11 is 0. The Morgan fingerprint density at radius 2 is 1.88 bits per heavy atom. The Kier molecular flexibility index (Phi) is 3.27. The van der Waals surface area contributed by atoms with Crippen molar-refractivity contribution in [1.29, 1.82) is 0 Å². The SMILES string of the molecule is CC(O)c1cccc2c(OC[SiH3])cccc12. The molecule has 16 heavy (non-hydrogen) atoms. The Morgan fingerprint density at radius 1 is 1.19 bits per heavy atom. The molecule has 0 fully saturated rings. The summed E-state index contributed by atoms with van der Waals surface area (Å²) < 4.78 is 5.63. The van der Waals surface area contributed by atoms with E-state index in [2.05, 4.69) is 0 Å². The van der Waals surface area contributed by atoms with Crippen molar-refractivity contribution >= 4 is 21.0 Å². The zero-order valence-corrected chi connectivity index (χ0v) is 11.6. The number of aliphatic hydroxyl groups excluding tert-OH is 1. The van der Waals surface area contributed by atoms with Gasteiger partial charge in [-0.25, -0.2) is 0 Å². The molecule has 3 heteroatoms. The van der Waals surface area contributed by atoms with Crippen molar-refractivity contribution in [2.24, 2.45) is 0 Å². The van der Waals surface area contributed by atoms with Gasteiger partial charge in [-0.2, -0.15) is 0 Å². The summed E-state index contributed by atoms with van der Waals surface area (Å²) in [6.07, 6.45) is 0.341. The van der Waals surface area contributed by atoms with E-state index in [1.54, 1.807) is 6.92 Å². The van der Waals surface area contributed by atoms with Crippen molar-refractivity contribution < 1.29 is 9.84 Å². The number of hydrogen-bond donors (Lipinski definition) is 1. The second-order valence-electron chi connectivity index (χ2n) is 3.81. The molecule has 2 rings (SSSR count). The molecule has 0 heterocycles. The maximum Gasteiger partial charge on any atom is 0.126 e. The second kappa shape index (κ2) is 4.68. The first-order chi connectivity index (χ1) is 7.74. The molecule has 84 valence electrons. The normalized spacial score (nSPS) is 12.9. The van der Waals surface area contributed by atoms with Gasteiger partial charge in [0.15, 0.2) is 0 Å². The lowest BCUT2D eigenvalue weighted by Gasteiger charge is -2.12. The quantitative estimate of drug-likeness (QED) is 0.814. The van der Waals surface area contributed by atoms with E-state index in [0.29, 0.717) is 0 Å². The number of fused-ring (bicyclic) bond motifs is 1. The fourth-order valence-corrected chi connectivity index (χ4v) is 2.26. The van der Waals surface area contributed by atoms with E-state index >= 15 is 0 Å². The molecule has 0 bridgehead atoms. The van der Waals surface area contributed by atoms with Gasteiger partial charge in [0.25, 0.3) is 0 Å². The van der Waals surface area contributed by atoms with Crippen molar-refractivity contribution in [2.75, 3.05) is 6.23 Å². The molecule has 0 amide bonds. The molecule has 0 spiro atoms. The standard InChI is InChI=1S/C13H16O2Si/c1-9(14)10-4-2-6-12-11(10)5-3-7-13(12)15-8-16/h2-7,9,14H,8H2,1,16H3. The van der Waals surface area contributed by atoms with E-state index in [9.17, 15) is 5.11 Å². The third kappa shape index (κ3) is 1.96. The van der Waals surface area contributed by atoms with Crippen LogP contribution in [0.2, 0.25) is 0 Å². The van der Waals surface area contributed by atoms with Crippen LogP contribution in [0.3, 0.4) is 0 Å². The predicted molar refractivity (Wildman–Crippen MR) is 70.0 cm³/mol. The summed E-state index contributed by atoms with van der Waals surface area (Å²) in [6, 6.07) is 11.9. The number of ether oxygens (including phenoxy) is 1. The molecule has 0 radical (unpaired) electrons. The van der Waals surface area contributed by atoms with Crippen molar-refractivity contribution in [2.45, 2.75) is 13.0 Å². The van der Waals surface area contributed by atoms with Crippen LogP contribution < -0.4 is 4.74 Å². The molecule has 0 aliphatic heterocycles. The first-order valence-electron chi connectivity index (χ1n) is 5.56. The molecule has 0 aliphatic carbocycles. The minimum atomic E-state index is -0.449. The first kappa shape index (κ1) is 11.2. The highest BCUT2D eigenvalue weighted by Gasteiger charge is 2.08. The van der Waals surface area contributed by atoms with Gasteiger partial charge in [0.05, 0.1) is 22.6 Å². The van der Waals surface area contributed by atoms with E-state index < -0.39 is 6.10 Å². The lowest BCUT2D eigenvalue weighted by Crippen LogP contribution is -1.98. The Balaban J connectivity index is 2.66. The van der Waals surface area contributed by atoms with Crippen molar-refractivity contribution in [3.63, 3.8) is 0 Å². The summed E-state index contributed by atoms with van der Waals surface area (Å²) in [5, 5.41) is 11.9. The molecular formula is C13H16O2Si. The van der Waals surface area contributed by atoms with Crippen LogP contribution >= 0.6 is 0 Å². The maximum atomic E-state index is 9.71. The summed E-state index contributed by atoms with van der Waals surface area (Å²) in [5.41, 5.74) is 0.955. The molecule has 1 N–H and O–H groups in total. The minimum absolute atomic E-state index is 0.449. The van der Waals surface area contributed by atoms with Crippen LogP contribution in [0.5, 0.6) is 5.75 Å². The summed E-state index contributed by atoms with van der Waals surface area (Å²) in [7, 11) is 1.02. The Bertz CT molecular complexity index is 494. The van der Waals surface area contributed by atoms with Gasteiger partial charge in [0, 0.05) is 5.39 Å². The number of hydrogen-bond acceptors (Lipinski definition) is 2. The number of benzene rings is 2. The zero-order valence-electron chi connectivity index (χ0n) is 9.60. The van der Waals surface area contributed by atoms with Crippen LogP contribution in [0.4, 0.5) is 0 Å². The topological polar surface area (TPSA) is 29.5 Å². The molecule has 0 aromatic heterocycles. The van der Waals surface area contributed by atoms with E-state index in [4.69, 9.17) is 4.74 Å². The first-order valence-corrected chi connectivity index (χ1v) is 6.98. The molecular weight excluding hydrogens is 216 g/mol. The largest absolute Gasteiger partial charge is 0.498 e. The average Bonchev–Trinajstić information content (AvgIpc) is 2.29. The molecule has 0 saturated carbocycles. The van der Waals surface area contributed by atoms with E-state index in [1.165, 1.54) is 0 Å². The Labute approximate surface area is 98.3 Å². The van der Waals surface area contributed by atoms with Crippen LogP contribution in [0.25, 0.3) is 10.8 Å². The predicted octanol–water partition coefficient (Wildman–Crippen LogP) is 1.59. The average molecular weight is 232 g/mol. The van der Waals surface area contributed by atoms with Gasteiger partial charge in [0.2, 0.25) is 0 Å². The highest BCUT2D eigenvalue weighted by molar-refractivity contribution is 6.08. The third-order valence-electron chi connectivity index (χ3n) is 2.67. The van der Waals surface area contributed by atoms with Crippen molar-refractivity contribution in [1.82, 2.24) is 0 Å². The summed E-state index contributed by atoms with van der Waals surface area (Å²) in [5.74, 6) is 0.912. The lowest BCUT2D eigenvalue weighted by molar-refractivity contribution is 0.201. The number of aliphatic hydroxyl groups is 1. The smallest absolute Gasteiger partial charge is 0.126 e. The van der Waals surface area contributed by atoms with Crippen molar-refractivity contribution in [3.05, 3.63) is 42.0 Å². The van der Waals surface area contributed by atoms with Crippen LogP contribution in [0.15, 0.2) is 36.4 Å². The maximum absolute atomic E-state index is 9.71. The van der Waals surface area contributed by atoms with E-state index in [-0.39, 0.29) is 0 Å². The van der Waals surface area contributed by atoms with Gasteiger partial charge in [-0.3, -0.25) is 0 Å². The van der Waals surface area contributed by atoms with Crippen LogP contribution in [-0.2, 0) is 0 Å². The summed E-state index contributed by atoms with van der Waals surface area (Å²) in [4.78, 5) is 0. The zero-order chi connectivity index (χ0) is 11.5. The monoisotopic (exact) mass is 232 g/mol. The Hall–Kier alpha value is -1.32. The number of rotatable bonds is 3. The van der Waals surface area contributed by atoms with Crippen LogP contribution in [-0.4, -0.2) is 21.6 Å². The van der Waals surface area contributed by atoms with Gasteiger partial charge in [-0.15, -0.1) is 0 Å². The summed E-state index contributed by atoms with van der Waals surface area (Å²) in [6.45, 7) is 1.79. The van der Waals surface area contributed by atoms with Crippen molar-refractivity contribution in [3.8, 4) is 5.75 Å². The van der Waals surface area contributed by atoms with Gasteiger partial charge in [-0.1, -0.05) is 30.3 Å². The van der Waals surface area contributed by atoms with Gasteiger partial charge in [-0.05, 0) is 23.9 Å². The van der Waals surface area contributed by atoms with E-state index in [1.807, 2.05) is 36.4 Å². The highest BCUT2D eigenvalue weighted by atomic mass is 28.1. The fourth-order valence-electron chi connectivity index (χ4n) is 1.95. The second-order valence-corrected chi connectivity index (χ2v) is 4.38. The molecule has 2 aromatic rings. The Morgan fingerprint density at radius 3 is 2.56 bits per heavy atom. The third-order valence-corrected chi connectivity index (χ3v) is 2.95. The van der Waals surface area contributed by atoms with Crippen LogP contribution in [0.1, 0.15) is 18.6 Å². The lowest BCUT2D eigenvalue weighted by atomic mass is 10.0. The van der Waals surface area contributed by atoms with Gasteiger partial charge < -0.3 is 9.84 Å². The van der Waals surface area contributed by atoms with Crippen LogP contribution in [0, 0.1) is 0 Å². The van der Waals surface area contributed by atoms with Gasteiger partial charge >= 0.3 is 0 Å². The molecule has 2 nitrogen and oxygen atoms in total. The molecule has 0 aliphatic rings. The van der Waals surface area contributed by atoms with E-state index in [0.717, 1.165) is 38.6 Å². The molecule has 1 atom stereocenters. The minimum Gasteiger partial charge on any atom is -0.498 e. The molecule has 0 saturated heterocycles. The molecule has 2 aromatic carbocycles. The fraction of sp³-hybridized carbons (Fsp3) is 0.231.